The molecule has 1 aromatic heterocycles. The van der Waals surface area contributed by atoms with Gasteiger partial charge in [0.15, 0.2) is 0 Å². The maximum absolute atomic E-state index is 12.7. The van der Waals surface area contributed by atoms with Gasteiger partial charge >= 0.3 is 0 Å². The van der Waals surface area contributed by atoms with Gasteiger partial charge in [0.1, 0.15) is 17.5 Å². The molecule has 1 heterocycles. The molecular weight excluding hydrogens is 476 g/mol. The largest absolute Gasteiger partial charge is 0.457 e. The maximum atomic E-state index is 12.7. The van der Waals surface area contributed by atoms with Crippen molar-refractivity contribution in [1.82, 2.24) is 9.78 Å². The fourth-order valence-electron chi connectivity index (χ4n) is 2.79. The van der Waals surface area contributed by atoms with Crippen LogP contribution >= 0.6 is 27.5 Å². The molecule has 3 aromatic rings. The highest BCUT2D eigenvalue weighted by Crippen LogP contribution is 2.31. The van der Waals surface area contributed by atoms with Crippen LogP contribution in [-0.4, -0.2) is 20.6 Å². The number of carbonyl (C=O) groups excluding carboxylic acids is 1. The van der Waals surface area contributed by atoms with Gasteiger partial charge in [0.25, 0.3) is 5.69 Å². The summed E-state index contributed by atoms with van der Waals surface area (Å²) < 4.78 is 8.10. The Morgan fingerprint density at radius 3 is 2.60 bits per heavy atom. The van der Waals surface area contributed by atoms with Crippen LogP contribution in [0.15, 0.2) is 47.1 Å². The number of hydrogen-bond acceptors (Lipinski definition) is 5. The number of amides is 1. The van der Waals surface area contributed by atoms with E-state index >= 15 is 0 Å². The molecule has 0 aliphatic carbocycles. The van der Waals surface area contributed by atoms with Crippen molar-refractivity contribution in [3.05, 3.63) is 73.5 Å². The van der Waals surface area contributed by atoms with Crippen molar-refractivity contribution in [3.8, 4) is 11.5 Å². The molecule has 0 aliphatic heterocycles. The number of nitrogens with zero attached hydrogens (tertiary/aromatic N) is 3. The van der Waals surface area contributed by atoms with Crippen LogP contribution in [0, 0.1) is 24.0 Å². The highest BCUT2D eigenvalue weighted by atomic mass is 79.9. The third kappa shape index (κ3) is 4.80. The third-order valence-electron chi connectivity index (χ3n) is 4.47. The summed E-state index contributed by atoms with van der Waals surface area (Å²) in [7, 11) is 0. The SMILES string of the molecule is Cc1cc(Oc2cc(NC(=O)C(C)n3ncc(Br)c3C)cc([N+](=O)[O-])c2)ccc1Cl. The van der Waals surface area contributed by atoms with Crippen molar-refractivity contribution >= 4 is 44.8 Å². The molecule has 0 radical (unpaired) electrons. The number of nitro groups is 1. The molecule has 1 atom stereocenters. The van der Waals surface area contributed by atoms with E-state index in [0.29, 0.717) is 10.8 Å². The fraction of sp³-hybridized carbons (Fsp3) is 0.200. The van der Waals surface area contributed by atoms with Crippen LogP contribution < -0.4 is 10.1 Å². The Labute approximate surface area is 186 Å². The summed E-state index contributed by atoms with van der Waals surface area (Å²) in [5.41, 5.74) is 1.63. The molecule has 8 nitrogen and oxygen atoms in total. The smallest absolute Gasteiger partial charge is 0.275 e. The average molecular weight is 494 g/mol. The number of anilines is 1. The summed E-state index contributed by atoms with van der Waals surface area (Å²) in [6.45, 7) is 5.34. The topological polar surface area (TPSA) is 99.3 Å². The van der Waals surface area contributed by atoms with Gasteiger partial charge in [0, 0.05) is 17.2 Å². The Balaban J connectivity index is 1.86. The van der Waals surface area contributed by atoms with E-state index in [-0.39, 0.29) is 23.0 Å². The minimum Gasteiger partial charge on any atom is -0.457 e. The van der Waals surface area contributed by atoms with Crippen molar-refractivity contribution in [2.75, 3.05) is 5.32 Å². The first-order valence-electron chi connectivity index (χ1n) is 8.89. The van der Waals surface area contributed by atoms with Crippen LogP contribution in [0.25, 0.3) is 0 Å². The lowest BCUT2D eigenvalue weighted by atomic mass is 10.2. The molecule has 1 amide bonds. The molecule has 3 rings (SSSR count). The number of halogens is 2. The molecule has 0 saturated carbocycles. The van der Waals surface area contributed by atoms with E-state index in [2.05, 4.69) is 26.3 Å². The summed E-state index contributed by atoms with van der Waals surface area (Å²) in [5, 5.41) is 18.8. The van der Waals surface area contributed by atoms with Gasteiger partial charge in [-0.2, -0.15) is 5.10 Å². The summed E-state index contributed by atoms with van der Waals surface area (Å²) in [4.78, 5) is 23.5. The molecule has 10 heteroatoms. The second kappa shape index (κ2) is 8.85. The molecule has 0 bridgehead atoms. The van der Waals surface area contributed by atoms with E-state index in [9.17, 15) is 14.9 Å². The number of ether oxygens (including phenoxy) is 1. The summed E-state index contributed by atoms with van der Waals surface area (Å²) in [5.74, 6) is 0.314. The Kier molecular flexibility index (Phi) is 6.42. The normalized spacial score (nSPS) is 11.8. The van der Waals surface area contributed by atoms with Gasteiger partial charge in [-0.3, -0.25) is 19.6 Å². The van der Waals surface area contributed by atoms with Crippen LogP contribution in [0.4, 0.5) is 11.4 Å². The number of rotatable bonds is 6. The minimum atomic E-state index is -0.626. The molecule has 1 N–H and O–H groups in total. The molecule has 0 fully saturated rings. The third-order valence-corrected chi connectivity index (χ3v) is 5.67. The van der Waals surface area contributed by atoms with E-state index in [0.717, 1.165) is 15.7 Å². The minimum absolute atomic E-state index is 0.209. The molecule has 0 spiro atoms. The molecular formula is C20H18BrClN4O4. The van der Waals surface area contributed by atoms with Crippen LogP contribution in [0.1, 0.15) is 24.2 Å². The van der Waals surface area contributed by atoms with Crippen molar-refractivity contribution in [2.24, 2.45) is 0 Å². The highest BCUT2D eigenvalue weighted by molar-refractivity contribution is 9.10. The van der Waals surface area contributed by atoms with Crippen molar-refractivity contribution < 1.29 is 14.5 Å². The van der Waals surface area contributed by atoms with E-state index in [1.54, 1.807) is 36.0 Å². The summed E-state index contributed by atoms with van der Waals surface area (Å²) in [6.07, 6.45) is 1.60. The van der Waals surface area contributed by atoms with Gasteiger partial charge < -0.3 is 10.1 Å². The lowest BCUT2D eigenvalue weighted by Gasteiger charge is -2.15. The Morgan fingerprint density at radius 2 is 2.00 bits per heavy atom. The number of aromatic nitrogens is 2. The molecule has 2 aromatic carbocycles. The molecule has 1 unspecified atom stereocenters. The zero-order chi connectivity index (χ0) is 22.0. The van der Waals surface area contributed by atoms with Crippen LogP contribution in [0.3, 0.4) is 0 Å². The summed E-state index contributed by atoms with van der Waals surface area (Å²) >= 11 is 9.38. The number of carbonyl (C=O) groups is 1. The number of benzene rings is 2. The molecule has 0 saturated heterocycles. The van der Waals surface area contributed by atoms with Crippen LogP contribution in [0.2, 0.25) is 5.02 Å². The second-order valence-corrected chi connectivity index (χ2v) is 7.93. The lowest BCUT2D eigenvalue weighted by Crippen LogP contribution is -2.25. The monoisotopic (exact) mass is 492 g/mol. The van der Waals surface area contributed by atoms with Crippen LogP contribution in [0.5, 0.6) is 11.5 Å². The van der Waals surface area contributed by atoms with E-state index < -0.39 is 11.0 Å². The number of hydrogen-bond donors (Lipinski definition) is 1. The first kappa shape index (κ1) is 21.8. The van der Waals surface area contributed by atoms with Gasteiger partial charge in [-0.25, -0.2) is 0 Å². The number of nitrogens with one attached hydrogen (secondary N) is 1. The zero-order valence-electron chi connectivity index (χ0n) is 16.3. The van der Waals surface area contributed by atoms with Gasteiger partial charge in [0.2, 0.25) is 5.91 Å². The van der Waals surface area contributed by atoms with Gasteiger partial charge in [-0.15, -0.1) is 0 Å². The van der Waals surface area contributed by atoms with E-state index in [4.69, 9.17) is 16.3 Å². The Morgan fingerprint density at radius 1 is 1.27 bits per heavy atom. The Hall–Kier alpha value is -2.91. The van der Waals surface area contributed by atoms with Crippen LogP contribution in [-0.2, 0) is 4.79 Å². The van der Waals surface area contributed by atoms with Gasteiger partial charge in [0.05, 0.1) is 33.0 Å². The predicted octanol–water partition coefficient (Wildman–Crippen LogP) is 5.82. The number of aryl methyl sites for hydroxylation is 1. The predicted molar refractivity (Wildman–Crippen MR) is 117 cm³/mol. The Bertz CT molecular complexity index is 1130. The van der Waals surface area contributed by atoms with E-state index in [1.165, 1.54) is 18.2 Å². The highest BCUT2D eigenvalue weighted by Gasteiger charge is 2.20. The van der Waals surface area contributed by atoms with Gasteiger partial charge in [-0.05, 0) is 60.5 Å². The first-order valence-corrected chi connectivity index (χ1v) is 10.1. The fourth-order valence-corrected chi connectivity index (χ4v) is 3.18. The molecule has 156 valence electrons. The maximum Gasteiger partial charge on any atom is 0.275 e. The van der Waals surface area contributed by atoms with Gasteiger partial charge in [-0.1, -0.05) is 11.6 Å². The standard InChI is InChI=1S/C20H18BrClN4O4/c1-11-6-16(4-5-19(11)22)30-17-8-14(7-15(9-17)26(28)29)24-20(27)13(3)25-12(2)18(21)10-23-25/h4-10,13H,1-3H3,(H,24,27). The first-order chi connectivity index (χ1) is 14.2. The van der Waals surface area contributed by atoms with E-state index in [1.807, 2.05) is 13.8 Å². The lowest BCUT2D eigenvalue weighted by molar-refractivity contribution is -0.384. The summed E-state index contributed by atoms with van der Waals surface area (Å²) in [6, 6.07) is 8.52. The molecule has 0 aliphatic rings. The van der Waals surface area contributed by atoms with Crippen molar-refractivity contribution in [1.29, 1.82) is 0 Å². The quantitative estimate of drug-likeness (QED) is 0.345. The number of nitro benzene ring substituents is 1. The second-order valence-electron chi connectivity index (χ2n) is 6.67. The number of non-ortho nitro benzene ring substituents is 1. The van der Waals surface area contributed by atoms with Crippen molar-refractivity contribution in [3.63, 3.8) is 0 Å². The average Bonchev–Trinajstić information content (AvgIpc) is 3.02. The zero-order valence-corrected chi connectivity index (χ0v) is 18.7. The molecule has 30 heavy (non-hydrogen) atoms. The van der Waals surface area contributed by atoms with Crippen molar-refractivity contribution in [2.45, 2.75) is 26.8 Å².